The molecule has 0 radical (unpaired) electrons. The third-order valence-corrected chi connectivity index (χ3v) is 7.02. The van der Waals surface area contributed by atoms with Gasteiger partial charge in [-0.2, -0.15) is 0 Å². The molecule has 1 aromatic rings. The van der Waals surface area contributed by atoms with Gasteiger partial charge in [-0.05, 0) is 57.6 Å². The van der Waals surface area contributed by atoms with Crippen molar-refractivity contribution in [3.63, 3.8) is 0 Å². The zero-order valence-corrected chi connectivity index (χ0v) is 24.5. The quantitative estimate of drug-likeness (QED) is 0.0764. The number of benzene rings is 1. The number of unbranched alkanes of at least 4 members (excludes halogenated alkanes) is 11. The Balaban J connectivity index is 2.13. The number of carbonyl (C=O) groups is 1. The highest BCUT2D eigenvalue weighted by Gasteiger charge is 2.16. The lowest BCUT2D eigenvalue weighted by Gasteiger charge is -2.18. The molecule has 37 heavy (non-hydrogen) atoms. The topological polar surface area (TPSA) is 77.5 Å². The summed E-state index contributed by atoms with van der Waals surface area (Å²) in [6.45, 7) is 4.05. The molecular formula is C29H52NO6P. The fourth-order valence-electron chi connectivity index (χ4n) is 4.02. The largest absolute Gasteiger partial charge is 0.490 e. The van der Waals surface area contributed by atoms with Gasteiger partial charge in [0.15, 0.2) is 6.10 Å². The van der Waals surface area contributed by atoms with Crippen LogP contribution in [0.25, 0.3) is 0 Å². The van der Waals surface area contributed by atoms with E-state index in [-0.39, 0.29) is 13.2 Å². The Morgan fingerprint density at radius 2 is 1.43 bits per heavy atom. The summed E-state index contributed by atoms with van der Waals surface area (Å²) in [6, 6.07) is 8.08. The molecule has 0 fully saturated rings. The summed E-state index contributed by atoms with van der Waals surface area (Å²) in [4.78, 5) is 22.7. The molecule has 0 saturated carbocycles. The fourth-order valence-corrected chi connectivity index (χ4v) is 4.68. The lowest BCUT2D eigenvalue weighted by molar-refractivity contribution is -0.136. The Morgan fingerprint density at radius 1 is 0.838 bits per heavy atom. The Hall–Kier alpha value is -1.24. The molecule has 0 heterocycles. The summed E-state index contributed by atoms with van der Waals surface area (Å²) >= 11 is 0. The van der Waals surface area contributed by atoms with Crippen LogP contribution in [-0.4, -0.2) is 62.8 Å². The average molecular weight is 542 g/mol. The predicted molar refractivity (Wildman–Crippen MR) is 152 cm³/mol. The number of carbonyl (C=O) groups excluding carboxylic acids is 1. The maximum atomic E-state index is 10.8. The molecule has 2 atom stereocenters. The van der Waals surface area contributed by atoms with E-state index < -0.39 is 14.7 Å². The summed E-state index contributed by atoms with van der Waals surface area (Å²) in [7, 11) is 1.95. The number of aryl methyl sites for hydroxylation is 1. The van der Waals surface area contributed by atoms with Crippen LogP contribution in [0.5, 0.6) is 5.75 Å². The highest BCUT2D eigenvalue weighted by atomic mass is 31.2. The molecule has 0 aromatic heterocycles. The van der Waals surface area contributed by atoms with E-state index in [4.69, 9.17) is 18.5 Å². The number of ether oxygens (including phenoxy) is 2. The molecule has 8 heteroatoms. The van der Waals surface area contributed by atoms with E-state index in [1.165, 1.54) is 82.6 Å². The van der Waals surface area contributed by atoms with Gasteiger partial charge < -0.3 is 28.3 Å². The zero-order valence-electron chi connectivity index (χ0n) is 23.6. The van der Waals surface area contributed by atoms with Crippen molar-refractivity contribution in [2.24, 2.45) is 0 Å². The van der Waals surface area contributed by atoms with Crippen molar-refractivity contribution >= 4 is 15.1 Å². The molecule has 1 N–H and O–H groups in total. The van der Waals surface area contributed by atoms with Crippen molar-refractivity contribution in [3.05, 3.63) is 29.8 Å². The predicted octanol–water partition coefficient (Wildman–Crippen LogP) is 7.05. The highest BCUT2D eigenvalue weighted by Crippen LogP contribution is 2.33. The van der Waals surface area contributed by atoms with Crippen molar-refractivity contribution < 1.29 is 28.2 Å². The standard InChI is InChI=1S/C29H52NO6P/c1-4-5-6-7-8-9-10-11-12-13-14-15-17-27-18-20-28(21-19-27)33-24-29(34-26-31)25-36-37(32)35-23-16-22-30(2)3/h18-21,26,29,32H,4-17,22-25H2,1-3H3. The fraction of sp³-hybridized carbons (Fsp3) is 0.759. The first-order valence-electron chi connectivity index (χ1n) is 14.3. The van der Waals surface area contributed by atoms with Gasteiger partial charge >= 0.3 is 8.60 Å². The van der Waals surface area contributed by atoms with E-state index in [0.717, 1.165) is 19.4 Å². The maximum absolute atomic E-state index is 10.8. The van der Waals surface area contributed by atoms with E-state index in [1.807, 2.05) is 31.1 Å². The Bertz CT molecular complexity index is 646. The van der Waals surface area contributed by atoms with E-state index >= 15 is 0 Å². The van der Waals surface area contributed by atoms with Crippen LogP contribution >= 0.6 is 8.60 Å². The van der Waals surface area contributed by atoms with Gasteiger partial charge in [-0.3, -0.25) is 4.79 Å². The molecule has 0 aliphatic heterocycles. The minimum Gasteiger partial charge on any atom is -0.490 e. The average Bonchev–Trinajstić information content (AvgIpc) is 2.89. The molecular weight excluding hydrogens is 489 g/mol. The molecule has 1 rings (SSSR count). The summed E-state index contributed by atoms with van der Waals surface area (Å²) in [5.41, 5.74) is 1.31. The second-order valence-electron chi connectivity index (χ2n) is 9.97. The van der Waals surface area contributed by atoms with E-state index in [2.05, 4.69) is 19.1 Å². The first-order valence-corrected chi connectivity index (χ1v) is 15.4. The van der Waals surface area contributed by atoms with Crippen LogP contribution in [0, 0.1) is 0 Å². The van der Waals surface area contributed by atoms with Gasteiger partial charge in [-0.1, -0.05) is 89.7 Å². The highest BCUT2D eigenvalue weighted by molar-refractivity contribution is 7.40. The van der Waals surface area contributed by atoms with Crippen molar-refractivity contribution in [2.45, 2.75) is 103 Å². The normalized spacial score (nSPS) is 13.0. The van der Waals surface area contributed by atoms with Crippen molar-refractivity contribution in [1.29, 1.82) is 0 Å². The van der Waals surface area contributed by atoms with Gasteiger partial charge in [-0.25, -0.2) is 0 Å². The smallest absolute Gasteiger partial charge is 0.329 e. The Labute approximate surface area is 227 Å². The molecule has 7 nitrogen and oxygen atoms in total. The lowest BCUT2D eigenvalue weighted by atomic mass is 10.0. The third kappa shape index (κ3) is 20.4. The molecule has 0 aliphatic carbocycles. The van der Waals surface area contributed by atoms with Crippen LogP contribution in [0.2, 0.25) is 0 Å². The lowest BCUT2D eigenvalue weighted by Crippen LogP contribution is -2.26. The van der Waals surface area contributed by atoms with Gasteiger partial charge in [0.1, 0.15) is 12.4 Å². The second-order valence-corrected chi connectivity index (χ2v) is 11.0. The zero-order chi connectivity index (χ0) is 27.0. The number of hydrogen-bond donors (Lipinski definition) is 1. The summed E-state index contributed by atoms with van der Waals surface area (Å²) < 4.78 is 21.4. The van der Waals surface area contributed by atoms with Crippen LogP contribution in [-0.2, 0) is 25.0 Å². The molecule has 0 aliphatic rings. The Kier molecular flexibility index (Phi) is 21.8. The Morgan fingerprint density at radius 3 is 2.00 bits per heavy atom. The molecule has 0 spiro atoms. The molecule has 1 aromatic carbocycles. The summed E-state index contributed by atoms with van der Waals surface area (Å²) in [6.07, 6.45) is 17.6. The van der Waals surface area contributed by atoms with Crippen LogP contribution < -0.4 is 4.74 Å². The monoisotopic (exact) mass is 541 g/mol. The van der Waals surface area contributed by atoms with Gasteiger partial charge in [-0.15, -0.1) is 0 Å². The van der Waals surface area contributed by atoms with E-state index in [0.29, 0.717) is 18.8 Å². The van der Waals surface area contributed by atoms with Crippen molar-refractivity contribution in [3.8, 4) is 5.75 Å². The second kappa shape index (κ2) is 23.8. The van der Waals surface area contributed by atoms with E-state index in [1.54, 1.807) is 0 Å². The first-order chi connectivity index (χ1) is 18.0. The molecule has 2 unspecified atom stereocenters. The van der Waals surface area contributed by atoms with Crippen molar-refractivity contribution in [1.82, 2.24) is 4.90 Å². The number of hydrogen-bond acceptors (Lipinski definition) is 7. The number of nitrogens with zero attached hydrogens (tertiary/aromatic N) is 1. The molecule has 0 bridgehead atoms. The molecule has 0 saturated heterocycles. The van der Waals surface area contributed by atoms with Crippen LogP contribution in [0.1, 0.15) is 96.0 Å². The molecule has 214 valence electrons. The van der Waals surface area contributed by atoms with Gasteiger partial charge in [0.25, 0.3) is 6.47 Å². The first kappa shape index (κ1) is 33.8. The number of rotatable bonds is 26. The van der Waals surface area contributed by atoms with Crippen LogP contribution in [0.15, 0.2) is 24.3 Å². The SMILES string of the molecule is CCCCCCCCCCCCCCc1ccc(OCC(COP(O)OCCCN(C)C)OC=O)cc1. The minimum absolute atomic E-state index is 0.00562. The van der Waals surface area contributed by atoms with Crippen LogP contribution in [0.4, 0.5) is 0 Å². The van der Waals surface area contributed by atoms with Gasteiger partial charge in [0, 0.05) is 0 Å². The minimum atomic E-state index is -2.01. The molecule has 0 amide bonds. The van der Waals surface area contributed by atoms with Crippen molar-refractivity contribution in [2.75, 3.05) is 40.5 Å². The van der Waals surface area contributed by atoms with E-state index in [9.17, 15) is 9.69 Å². The maximum Gasteiger partial charge on any atom is 0.329 e. The summed E-state index contributed by atoms with van der Waals surface area (Å²) in [5, 5.41) is 0. The third-order valence-electron chi connectivity index (χ3n) is 6.25. The van der Waals surface area contributed by atoms with Crippen LogP contribution in [0.3, 0.4) is 0 Å². The summed E-state index contributed by atoms with van der Waals surface area (Å²) in [5.74, 6) is 0.712. The van der Waals surface area contributed by atoms with Gasteiger partial charge in [0.05, 0.1) is 13.2 Å². The van der Waals surface area contributed by atoms with Gasteiger partial charge in [0.2, 0.25) is 0 Å².